The van der Waals surface area contributed by atoms with Crippen LogP contribution < -0.4 is 10.6 Å². The number of nitrogens with one attached hydrogen (secondary N) is 2. The highest BCUT2D eigenvalue weighted by Crippen LogP contribution is 2.07. The molecular formula is C16H15IN2OS. The van der Waals surface area contributed by atoms with Gasteiger partial charge >= 0.3 is 0 Å². The Morgan fingerprint density at radius 3 is 2.57 bits per heavy atom. The van der Waals surface area contributed by atoms with Gasteiger partial charge < -0.3 is 5.32 Å². The van der Waals surface area contributed by atoms with Gasteiger partial charge in [0.05, 0.1) is 0 Å². The predicted octanol–water partition coefficient (Wildman–Crippen LogP) is 3.14. The summed E-state index contributed by atoms with van der Waals surface area (Å²) >= 11 is 7.31. The molecule has 5 heteroatoms. The fraction of sp³-hybridized carbons (Fsp3) is 0.125. The normalized spacial score (nSPS) is 9.95. The molecule has 0 heterocycles. The first-order valence-corrected chi connectivity index (χ1v) is 8.02. The molecule has 0 saturated carbocycles. The monoisotopic (exact) mass is 410 g/mol. The molecule has 0 aliphatic carbocycles. The Morgan fingerprint density at radius 2 is 1.86 bits per heavy atom. The van der Waals surface area contributed by atoms with Crippen molar-refractivity contribution in [2.24, 2.45) is 0 Å². The molecule has 21 heavy (non-hydrogen) atoms. The zero-order chi connectivity index (χ0) is 15.1. The minimum atomic E-state index is -0.189. The van der Waals surface area contributed by atoms with E-state index in [0.29, 0.717) is 17.2 Å². The van der Waals surface area contributed by atoms with Crippen molar-refractivity contribution in [2.75, 3.05) is 6.54 Å². The summed E-state index contributed by atoms with van der Waals surface area (Å²) in [5, 5.41) is 6.09. The molecule has 0 bridgehead atoms. The van der Waals surface area contributed by atoms with Crippen LogP contribution in [-0.4, -0.2) is 17.6 Å². The van der Waals surface area contributed by atoms with Crippen molar-refractivity contribution in [1.82, 2.24) is 10.6 Å². The van der Waals surface area contributed by atoms with Gasteiger partial charge in [0.2, 0.25) is 0 Å². The fourth-order valence-electron chi connectivity index (χ4n) is 1.81. The minimum absolute atomic E-state index is 0.189. The van der Waals surface area contributed by atoms with Gasteiger partial charge in [0, 0.05) is 15.7 Å². The van der Waals surface area contributed by atoms with Gasteiger partial charge in [0.25, 0.3) is 5.91 Å². The predicted molar refractivity (Wildman–Crippen MR) is 97.4 cm³/mol. The Kier molecular flexibility index (Phi) is 6.13. The number of rotatable bonds is 4. The van der Waals surface area contributed by atoms with Crippen molar-refractivity contribution >= 4 is 45.8 Å². The number of carbonyl (C=O) groups excluding carboxylic acids is 1. The Labute approximate surface area is 143 Å². The molecule has 2 N–H and O–H groups in total. The van der Waals surface area contributed by atoms with Crippen molar-refractivity contribution in [3.63, 3.8) is 0 Å². The summed E-state index contributed by atoms with van der Waals surface area (Å²) in [6, 6.07) is 17.5. The Hall–Kier alpha value is -1.47. The molecule has 1 amide bonds. The average molecular weight is 410 g/mol. The summed E-state index contributed by atoms with van der Waals surface area (Å²) < 4.78 is 1.02. The van der Waals surface area contributed by atoms with Gasteiger partial charge in [-0.3, -0.25) is 10.1 Å². The van der Waals surface area contributed by atoms with Gasteiger partial charge in [0.15, 0.2) is 5.11 Å². The molecular weight excluding hydrogens is 395 g/mol. The molecule has 0 atom stereocenters. The van der Waals surface area contributed by atoms with Crippen LogP contribution in [0.4, 0.5) is 0 Å². The van der Waals surface area contributed by atoms with E-state index < -0.39 is 0 Å². The molecule has 0 aliphatic heterocycles. The summed E-state index contributed by atoms with van der Waals surface area (Å²) in [5.74, 6) is -0.189. The maximum atomic E-state index is 12.0. The molecule has 0 saturated heterocycles. The molecule has 0 aliphatic rings. The van der Waals surface area contributed by atoms with E-state index in [1.54, 1.807) is 6.07 Å². The first kappa shape index (κ1) is 15.9. The third-order valence-electron chi connectivity index (χ3n) is 2.86. The first-order valence-electron chi connectivity index (χ1n) is 6.54. The number of amides is 1. The summed E-state index contributed by atoms with van der Waals surface area (Å²) in [6.45, 7) is 0.690. The number of thiocarbonyl (C=S) groups is 1. The lowest BCUT2D eigenvalue weighted by Crippen LogP contribution is -2.40. The molecule has 3 nitrogen and oxygen atoms in total. The molecule has 0 unspecified atom stereocenters. The standard InChI is InChI=1S/C16H15IN2OS/c17-14-8-4-7-13(11-14)15(20)19-16(21)18-10-9-12-5-2-1-3-6-12/h1-8,11H,9-10H2,(H2,18,19,20,21). The van der Waals surface area contributed by atoms with E-state index in [1.165, 1.54) is 5.56 Å². The van der Waals surface area contributed by atoms with Gasteiger partial charge in [0.1, 0.15) is 0 Å². The lowest BCUT2D eigenvalue weighted by molar-refractivity contribution is 0.0976. The van der Waals surface area contributed by atoms with Crippen molar-refractivity contribution in [3.05, 3.63) is 69.3 Å². The van der Waals surface area contributed by atoms with Gasteiger partial charge in [-0.05, 0) is 65.0 Å². The second kappa shape index (κ2) is 8.09. The molecule has 0 aromatic heterocycles. The third kappa shape index (κ3) is 5.43. The maximum absolute atomic E-state index is 12.0. The van der Waals surface area contributed by atoms with Crippen LogP contribution in [0.25, 0.3) is 0 Å². The molecule has 0 fully saturated rings. The quantitative estimate of drug-likeness (QED) is 0.601. The number of benzene rings is 2. The zero-order valence-electron chi connectivity index (χ0n) is 11.3. The lowest BCUT2D eigenvalue weighted by atomic mass is 10.1. The summed E-state index contributed by atoms with van der Waals surface area (Å²) in [6.07, 6.45) is 0.861. The topological polar surface area (TPSA) is 41.1 Å². The van der Waals surface area contributed by atoms with Crippen LogP contribution in [0.2, 0.25) is 0 Å². The van der Waals surface area contributed by atoms with E-state index in [2.05, 4.69) is 45.4 Å². The van der Waals surface area contributed by atoms with Gasteiger partial charge in [-0.2, -0.15) is 0 Å². The summed E-state index contributed by atoms with van der Waals surface area (Å²) in [5.41, 5.74) is 1.84. The van der Waals surface area contributed by atoms with Crippen molar-refractivity contribution < 1.29 is 4.79 Å². The van der Waals surface area contributed by atoms with Gasteiger partial charge in [-0.15, -0.1) is 0 Å². The van der Waals surface area contributed by atoms with Crippen molar-refractivity contribution in [2.45, 2.75) is 6.42 Å². The van der Waals surface area contributed by atoms with Gasteiger partial charge in [-0.25, -0.2) is 0 Å². The highest BCUT2D eigenvalue weighted by molar-refractivity contribution is 14.1. The number of hydrogen-bond donors (Lipinski definition) is 2. The van der Waals surface area contributed by atoms with Crippen molar-refractivity contribution in [1.29, 1.82) is 0 Å². The van der Waals surface area contributed by atoms with E-state index >= 15 is 0 Å². The Bertz CT molecular complexity index is 631. The summed E-state index contributed by atoms with van der Waals surface area (Å²) in [4.78, 5) is 12.0. The van der Waals surface area contributed by atoms with Gasteiger partial charge in [-0.1, -0.05) is 36.4 Å². The van der Waals surface area contributed by atoms with Crippen LogP contribution in [0.5, 0.6) is 0 Å². The van der Waals surface area contributed by atoms with Crippen LogP contribution in [0.1, 0.15) is 15.9 Å². The number of halogens is 1. The van der Waals surface area contributed by atoms with Crippen LogP contribution in [0.3, 0.4) is 0 Å². The molecule has 108 valence electrons. The van der Waals surface area contributed by atoms with Crippen LogP contribution >= 0.6 is 34.8 Å². The highest BCUT2D eigenvalue weighted by Gasteiger charge is 2.07. The molecule has 0 radical (unpaired) electrons. The molecule has 2 aromatic rings. The van der Waals surface area contributed by atoms with Crippen LogP contribution in [0, 0.1) is 3.57 Å². The zero-order valence-corrected chi connectivity index (χ0v) is 14.3. The van der Waals surface area contributed by atoms with Crippen LogP contribution in [-0.2, 0) is 6.42 Å². The number of carbonyl (C=O) groups is 1. The van der Waals surface area contributed by atoms with E-state index in [0.717, 1.165) is 9.99 Å². The van der Waals surface area contributed by atoms with E-state index in [9.17, 15) is 4.79 Å². The SMILES string of the molecule is O=C(NC(=S)NCCc1ccccc1)c1cccc(I)c1. The summed E-state index contributed by atoms with van der Waals surface area (Å²) in [7, 11) is 0. The van der Waals surface area contributed by atoms with E-state index in [1.807, 2.05) is 36.4 Å². The fourth-order valence-corrected chi connectivity index (χ4v) is 2.55. The van der Waals surface area contributed by atoms with Crippen LogP contribution in [0.15, 0.2) is 54.6 Å². The minimum Gasteiger partial charge on any atom is -0.362 e. The van der Waals surface area contributed by atoms with Crippen molar-refractivity contribution in [3.8, 4) is 0 Å². The average Bonchev–Trinajstić information content (AvgIpc) is 2.48. The largest absolute Gasteiger partial charge is 0.362 e. The molecule has 2 rings (SSSR count). The second-order valence-corrected chi connectivity index (χ2v) is 6.11. The smallest absolute Gasteiger partial charge is 0.257 e. The molecule has 0 spiro atoms. The van der Waals surface area contributed by atoms with E-state index in [-0.39, 0.29) is 5.91 Å². The third-order valence-corrected chi connectivity index (χ3v) is 3.77. The lowest BCUT2D eigenvalue weighted by Gasteiger charge is -2.09. The number of hydrogen-bond acceptors (Lipinski definition) is 2. The highest BCUT2D eigenvalue weighted by atomic mass is 127. The van der Waals surface area contributed by atoms with E-state index in [4.69, 9.17) is 12.2 Å². The Morgan fingerprint density at radius 1 is 1.10 bits per heavy atom. The maximum Gasteiger partial charge on any atom is 0.257 e. The first-order chi connectivity index (χ1) is 10.1. The Balaban J connectivity index is 1.78. The molecule has 2 aromatic carbocycles. The second-order valence-electron chi connectivity index (χ2n) is 4.46.